The van der Waals surface area contributed by atoms with E-state index < -0.39 is 8.24 Å². The molecule has 1 aromatic carbocycles. The van der Waals surface area contributed by atoms with Crippen LogP contribution in [0, 0.1) is 0 Å². The lowest BCUT2D eigenvalue weighted by atomic mass is 9.99. The zero-order valence-corrected chi connectivity index (χ0v) is 24.3. The maximum Gasteiger partial charge on any atom is 0.340 e. The van der Waals surface area contributed by atoms with Crippen LogP contribution in [0.25, 0.3) is 22.2 Å². The Hall–Kier alpha value is -2.44. The molecule has 0 aliphatic carbocycles. The summed E-state index contributed by atoms with van der Waals surface area (Å²) < 4.78 is 7.79. The monoisotopic (exact) mass is 505 g/mol. The molecule has 0 N–H and O–H groups in total. The van der Waals surface area contributed by atoms with Crippen LogP contribution in [0.5, 0.6) is 0 Å². The van der Waals surface area contributed by atoms with Crippen molar-refractivity contribution in [3.8, 4) is 11.3 Å². The molecule has 5 nitrogen and oxygen atoms in total. The highest BCUT2D eigenvalue weighted by Gasteiger charge is 2.46. The normalized spacial score (nSPS) is 17.1. The molecule has 0 spiro atoms. The van der Waals surface area contributed by atoms with Gasteiger partial charge in [0.25, 0.3) is 0 Å². The third-order valence-electron chi connectivity index (χ3n) is 8.69. The number of nitrogens with zero attached hydrogens (tertiary/aromatic N) is 3. The summed E-state index contributed by atoms with van der Waals surface area (Å²) in [6.07, 6.45) is 7.82. The van der Waals surface area contributed by atoms with Gasteiger partial charge in [0.15, 0.2) is 8.24 Å². The van der Waals surface area contributed by atoms with Crippen LogP contribution in [0.1, 0.15) is 70.3 Å². The maximum absolute atomic E-state index is 12.5. The molecule has 1 atom stereocenters. The number of fused-ring (bicyclic) bond motifs is 1. The van der Waals surface area contributed by atoms with E-state index in [4.69, 9.17) is 4.74 Å². The van der Waals surface area contributed by atoms with Crippen molar-refractivity contribution in [3.63, 3.8) is 0 Å². The van der Waals surface area contributed by atoms with E-state index in [9.17, 15) is 4.79 Å². The number of likely N-dealkylation sites (tertiary alicyclic amines) is 1. The first-order chi connectivity index (χ1) is 17.1. The quantitative estimate of drug-likeness (QED) is 0.241. The Kier molecular flexibility index (Phi) is 7.77. The molecule has 3 heterocycles. The van der Waals surface area contributed by atoms with E-state index in [2.05, 4.69) is 87.1 Å². The number of aromatic nitrogens is 2. The topological polar surface area (TPSA) is 47.4 Å². The molecular weight excluding hydrogens is 462 g/mol. The third-order valence-corrected chi connectivity index (χ3v) is 15.4. The molecule has 36 heavy (non-hydrogen) atoms. The highest BCUT2D eigenvalue weighted by molar-refractivity contribution is 6.82. The number of methoxy groups -OCH3 is 1. The number of carbonyl (C=O) groups excluding carboxylic acids is 1. The van der Waals surface area contributed by atoms with Gasteiger partial charge in [-0.2, -0.15) is 0 Å². The fourth-order valence-corrected chi connectivity index (χ4v) is 13.8. The second-order valence-electron chi connectivity index (χ2n) is 11.5. The van der Waals surface area contributed by atoms with Gasteiger partial charge in [0, 0.05) is 28.7 Å². The zero-order valence-electron chi connectivity index (χ0n) is 23.3. The largest absolute Gasteiger partial charge is 0.465 e. The van der Waals surface area contributed by atoms with Crippen LogP contribution in [0.4, 0.5) is 0 Å². The van der Waals surface area contributed by atoms with Gasteiger partial charge < -0.3 is 13.9 Å². The first kappa shape index (κ1) is 26.6. The summed E-state index contributed by atoms with van der Waals surface area (Å²) in [5.41, 5.74) is 6.72. The maximum atomic E-state index is 12.5. The SMILES string of the molecule is COC(=O)c1cccnc1-c1ccc2c(c1)c(C[C@H]1CCCN1C)cn2[Si](C(C)C)(C(C)C)C(C)C. The number of benzene rings is 1. The summed E-state index contributed by atoms with van der Waals surface area (Å²) in [6.45, 7) is 15.7. The number of carbonyl (C=O) groups is 1. The number of ether oxygens (including phenoxy) is 1. The first-order valence-corrected chi connectivity index (χ1v) is 15.7. The molecule has 4 rings (SSSR count). The van der Waals surface area contributed by atoms with Crippen molar-refractivity contribution in [2.75, 3.05) is 20.7 Å². The second kappa shape index (κ2) is 10.5. The second-order valence-corrected chi connectivity index (χ2v) is 17.2. The molecule has 0 unspecified atom stereocenters. The standard InChI is InChI=1S/C30H43N3O2Si/c1-20(2)36(21(3)4,22(5)6)33-19-24(17-25-11-10-16-32(25)7)27-18-23(13-14-28(27)33)29-26(30(34)35-8)12-9-15-31-29/h9,12-15,18-22,25H,10-11,16-17H2,1-8H3/t25-/m1/s1. The molecule has 0 bridgehead atoms. The van der Waals surface area contributed by atoms with Gasteiger partial charge >= 0.3 is 5.97 Å². The minimum atomic E-state index is -1.94. The van der Waals surface area contributed by atoms with Gasteiger partial charge in [0.05, 0.1) is 18.4 Å². The Bertz CT molecular complexity index is 1210. The minimum Gasteiger partial charge on any atom is -0.465 e. The number of hydrogen-bond acceptors (Lipinski definition) is 4. The predicted octanol–water partition coefficient (Wildman–Crippen LogP) is 7.15. The molecule has 0 amide bonds. The van der Waals surface area contributed by atoms with Gasteiger partial charge in [0.2, 0.25) is 0 Å². The average Bonchev–Trinajstić information content (AvgIpc) is 3.41. The third kappa shape index (κ3) is 4.43. The smallest absolute Gasteiger partial charge is 0.340 e. The van der Waals surface area contributed by atoms with Crippen molar-refractivity contribution in [1.82, 2.24) is 14.1 Å². The van der Waals surface area contributed by atoms with Crippen LogP contribution in [-0.4, -0.2) is 55.1 Å². The van der Waals surface area contributed by atoms with Gasteiger partial charge in [0.1, 0.15) is 0 Å². The summed E-state index contributed by atoms with van der Waals surface area (Å²) >= 11 is 0. The zero-order chi connectivity index (χ0) is 26.2. The molecule has 1 saturated heterocycles. The molecule has 0 saturated carbocycles. The highest BCUT2D eigenvalue weighted by atomic mass is 28.3. The number of rotatable bonds is 8. The van der Waals surface area contributed by atoms with Crippen LogP contribution in [0.2, 0.25) is 16.6 Å². The van der Waals surface area contributed by atoms with E-state index in [0.717, 1.165) is 12.0 Å². The molecule has 2 aromatic heterocycles. The Morgan fingerprint density at radius 3 is 2.39 bits per heavy atom. The van der Waals surface area contributed by atoms with Crippen molar-refractivity contribution in [2.45, 2.75) is 83.5 Å². The summed E-state index contributed by atoms with van der Waals surface area (Å²) in [5, 5.41) is 1.30. The summed E-state index contributed by atoms with van der Waals surface area (Å²) in [7, 11) is 1.74. The van der Waals surface area contributed by atoms with Gasteiger partial charge in [-0.25, -0.2) is 4.79 Å². The van der Waals surface area contributed by atoms with Crippen molar-refractivity contribution in [3.05, 3.63) is 53.9 Å². The Morgan fingerprint density at radius 1 is 1.11 bits per heavy atom. The molecule has 1 aliphatic heterocycles. The molecule has 3 aromatic rings. The van der Waals surface area contributed by atoms with E-state index in [1.165, 1.54) is 43.0 Å². The summed E-state index contributed by atoms with van der Waals surface area (Å²) in [4.78, 5) is 19.6. The molecular formula is C30H43N3O2Si. The van der Waals surface area contributed by atoms with Gasteiger partial charge in [-0.05, 0) is 85.5 Å². The Morgan fingerprint density at radius 2 is 1.81 bits per heavy atom. The molecule has 0 radical (unpaired) electrons. The Balaban J connectivity index is 1.96. The number of pyridine rings is 1. The van der Waals surface area contributed by atoms with Crippen molar-refractivity contribution in [2.24, 2.45) is 0 Å². The summed E-state index contributed by atoms with van der Waals surface area (Å²) in [5.74, 6) is -0.352. The van der Waals surface area contributed by atoms with Crippen molar-refractivity contribution >= 4 is 25.1 Å². The number of hydrogen-bond donors (Lipinski definition) is 0. The van der Waals surface area contributed by atoms with E-state index in [1.807, 2.05) is 0 Å². The Labute approximate surface area is 218 Å². The lowest BCUT2D eigenvalue weighted by Crippen LogP contribution is -2.51. The van der Waals surface area contributed by atoms with Gasteiger partial charge in [-0.3, -0.25) is 4.98 Å². The van der Waals surface area contributed by atoms with E-state index in [0.29, 0.717) is 33.9 Å². The first-order valence-electron chi connectivity index (χ1n) is 13.5. The molecule has 1 fully saturated rings. The highest BCUT2D eigenvalue weighted by Crippen LogP contribution is 2.45. The van der Waals surface area contributed by atoms with Crippen LogP contribution in [0.3, 0.4) is 0 Å². The van der Waals surface area contributed by atoms with Crippen LogP contribution >= 0.6 is 0 Å². The average molecular weight is 506 g/mol. The van der Waals surface area contributed by atoms with Gasteiger partial charge in [-0.15, -0.1) is 0 Å². The van der Waals surface area contributed by atoms with Gasteiger partial charge in [-0.1, -0.05) is 47.6 Å². The van der Waals surface area contributed by atoms with Crippen molar-refractivity contribution < 1.29 is 9.53 Å². The lowest BCUT2D eigenvalue weighted by molar-refractivity contribution is 0.0601. The predicted molar refractivity (Wildman–Crippen MR) is 152 cm³/mol. The summed E-state index contributed by atoms with van der Waals surface area (Å²) in [6, 6.07) is 10.8. The fourth-order valence-electron chi connectivity index (χ4n) is 7.16. The molecule has 6 heteroatoms. The van der Waals surface area contributed by atoms with E-state index >= 15 is 0 Å². The molecule has 194 valence electrons. The van der Waals surface area contributed by atoms with Crippen LogP contribution in [0.15, 0.2) is 42.7 Å². The lowest BCUT2D eigenvalue weighted by Gasteiger charge is -2.44. The number of likely N-dealkylation sites (N-methyl/N-ethyl adjacent to an activating group) is 1. The van der Waals surface area contributed by atoms with E-state index in [1.54, 1.807) is 18.3 Å². The fraction of sp³-hybridized carbons (Fsp3) is 0.533. The van der Waals surface area contributed by atoms with E-state index in [-0.39, 0.29) is 5.97 Å². The van der Waals surface area contributed by atoms with Crippen LogP contribution < -0.4 is 0 Å². The van der Waals surface area contributed by atoms with Crippen molar-refractivity contribution in [1.29, 1.82) is 0 Å². The minimum absolute atomic E-state index is 0.352. The number of esters is 1. The van der Waals surface area contributed by atoms with Crippen LogP contribution in [-0.2, 0) is 11.2 Å². The molecule has 1 aliphatic rings.